The fourth-order valence-electron chi connectivity index (χ4n) is 2.09. The summed E-state index contributed by atoms with van der Waals surface area (Å²) in [6, 6.07) is 7.08. The van der Waals surface area contributed by atoms with Gasteiger partial charge in [0.2, 0.25) is 5.91 Å². The van der Waals surface area contributed by atoms with E-state index in [1.165, 1.54) is 0 Å². The zero-order chi connectivity index (χ0) is 15.0. The molecule has 0 fully saturated rings. The zero-order valence-corrected chi connectivity index (χ0v) is 12.1. The van der Waals surface area contributed by atoms with Gasteiger partial charge in [0.25, 0.3) is 0 Å². The molecule has 1 amide bonds. The molecule has 0 spiro atoms. The maximum atomic E-state index is 11.9. The minimum Gasteiger partial charge on any atom is -0.368 e. The summed E-state index contributed by atoms with van der Waals surface area (Å²) in [6.45, 7) is 2.77. The second kappa shape index (κ2) is 7.75. The zero-order valence-electron chi connectivity index (χ0n) is 11.3. The molecule has 0 saturated heterocycles. The number of amides is 1. The molecule has 3 N–H and O–H groups in total. The van der Waals surface area contributed by atoms with Crippen LogP contribution in [0, 0.1) is 0 Å². The third kappa shape index (κ3) is 3.87. The Balaban J connectivity index is 2.92. The van der Waals surface area contributed by atoms with Crippen molar-refractivity contribution in [1.82, 2.24) is 5.32 Å². The Labute approximate surface area is 122 Å². The molecular formula is C13H18ClN5O. The summed E-state index contributed by atoms with van der Waals surface area (Å²) in [4.78, 5) is 14.6. The Morgan fingerprint density at radius 1 is 1.60 bits per heavy atom. The summed E-state index contributed by atoms with van der Waals surface area (Å²) < 4.78 is 0. The van der Waals surface area contributed by atoms with E-state index in [1.807, 2.05) is 13.0 Å². The molecule has 1 unspecified atom stereocenters. The number of nitrogens with two attached hydrogens (primary N) is 1. The van der Waals surface area contributed by atoms with Gasteiger partial charge >= 0.3 is 0 Å². The Hall–Kier alpha value is -1.75. The van der Waals surface area contributed by atoms with Crippen molar-refractivity contribution in [2.24, 2.45) is 10.8 Å². The Bertz CT molecular complexity index is 515. The molecule has 1 aromatic rings. The van der Waals surface area contributed by atoms with Crippen LogP contribution in [0.1, 0.15) is 25.3 Å². The van der Waals surface area contributed by atoms with Crippen LogP contribution in [-0.4, -0.2) is 19.0 Å². The first-order valence-corrected chi connectivity index (χ1v) is 6.76. The van der Waals surface area contributed by atoms with E-state index in [0.29, 0.717) is 31.0 Å². The van der Waals surface area contributed by atoms with Crippen LogP contribution in [0.4, 0.5) is 0 Å². The maximum Gasteiger partial charge on any atom is 0.242 e. The lowest BCUT2D eigenvalue weighted by molar-refractivity contribution is -0.125. The number of halogens is 1. The predicted molar refractivity (Wildman–Crippen MR) is 79.2 cm³/mol. The van der Waals surface area contributed by atoms with Gasteiger partial charge in [0.15, 0.2) is 0 Å². The van der Waals surface area contributed by atoms with Gasteiger partial charge in [0.1, 0.15) is 5.54 Å². The van der Waals surface area contributed by atoms with Crippen molar-refractivity contribution < 1.29 is 4.79 Å². The smallest absolute Gasteiger partial charge is 0.242 e. The van der Waals surface area contributed by atoms with Crippen molar-refractivity contribution in [2.45, 2.75) is 25.3 Å². The first-order chi connectivity index (χ1) is 9.56. The van der Waals surface area contributed by atoms with Crippen molar-refractivity contribution in [3.05, 3.63) is 45.3 Å². The molecule has 7 heteroatoms. The number of nitrogens with one attached hydrogen (secondary N) is 1. The lowest BCUT2D eigenvalue weighted by Crippen LogP contribution is -2.52. The molecule has 6 nitrogen and oxygen atoms in total. The molecule has 0 aliphatic carbocycles. The van der Waals surface area contributed by atoms with Crippen LogP contribution in [-0.2, 0) is 10.3 Å². The topological polar surface area (TPSA) is 104 Å². The number of carbonyl (C=O) groups excluding carboxylic acids is 1. The van der Waals surface area contributed by atoms with E-state index in [4.69, 9.17) is 22.9 Å². The molecule has 108 valence electrons. The van der Waals surface area contributed by atoms with Crippen LogP contribution in [0.5, 0.6) is 0 Å². The van der Waals surface area contributed by atoms with Crippen LogP contribution >= 0.6 is 11.6 Å². The molecule has 1 rings (SSSR count). The number of nitrogens with zero attached hydrogens (tertiary/aromatic N) is 3. The number of hydrogen-bond acceptors (Lipinski definition) is 3. The standard InChI is InChI=1S/C13H18ClN5O/c1-2-13(12(15)20,17-7-4-8-18-19-16)10-5-3-6-11(14)9-10/h3,5-6,9,17H,2,4,7-8H2,1H3,(H2,15,20). The van der Waals surface area contributed by atoms with E-state index in [-0.39, 0.29) is 0 Å². The highest BCUT2D eigenvalue weighted by molar-refractivity contribution is 6.30. The summed E-state index contributed by atoms with van der Waals surface area (Å²) >= 11 is 5.98. The minimum absolute atomic E-state index is 0.373. The fourth-order valence-corrected chi connectivity index (χ4v) is 2.28. The Morgan fingerprint density at radius 2 is 2.35 bits per heavy atom. The highest BCUT2D eigenvalue weighted by atomic mass is 35.5. The summed E-state index contributed by atoms with van der Waals surface area (Å²) in [5.41, 5.74) is 13.6. The first-order valence-electron chi connectivity index (χ1n) is 6.38. The van der Waals surface area contributed by atoms with Crippen LogP contribution < -0.4 is 11.1 Å². The Kier molecular flexibility index (Phi) is 6.31. The van der Waals surface area contributed by atoms with E-state index >= 15 is 0 Å². The molecule has 0 saturated carbocycles. The number of azide groups is 1. The highest BCUT2D eigenvalue weighted by Crippen LogP contribution is 2.27. The van der Waals surface area contributed by atoms with Gasteiger partial charge in [0.05, 0.1) is 0 Å². The van der Waals surface area contributed by atoms with E-state index < -0.39 is 11.4 Å². The molecule has 0 bridgehead atoms. The van der Waals surface area contributed by atoms with Crippen molar-refractivity contribution in [1.29, 1.82) is 0 Å². The predicted octanol–water partition coefficient (Wildman–Crippen LogP) is 2.72. The number of primary amides is 1. The van der Waals surface area contributed by atoms with Gasteiger partial charge in [0, 0.05) is 16.5 Å². The molecule has 1 aromatic carbocycles. The van der Waals surface area contributed by atoms with Gasteiger partial charge < -0.3 is 5.73 Å². The third-order valence-electron chi connectivity index (χ3n) is 3.19. The molecule has 0 aliphatic rings. The second-order valence-electron chi connectivity index (χ2n) is 4.37. The molecule has 0 heterocycles. The van der Waals surface area contributed by atoms with E-state index in [1.54, 1.807) is 18.2 Å². The second-order valence-corrected chi connectivity index (χ2v) is 4.80. The van der Waals surface area contributed by atoms with Crippen LogP contribution in [0.3, 0.4) is 0 Å². The van der Waals surface area contributed by atoms with Crippen LogP contribution in [0.15, 0.2) is 29.4 Å². The van der Waals surface area contributed by atoms with Crippen molar-refractivity contribution >= 4 is 17.5 Å². The molecule has 0 radical (unpaired) electrons. The summed E-state index contributed by atoms with van der Waals surface area (Å²) in [5, 5.41) is 7.17. The number of rotatable bonds is 8. The average molecular weight is 296 g/mol. The highest BCUT2D eigenvalue weighted by Gasteiger charge is 2.36. The van der Waals surface area contributed by atoms with Gasteiger partial charge in [-0.2, -0.15) is 0 Å². The van der Waals surface area contributed by atoms with Crippen molar-refractivity contribution in [3.8, 4) is 0 Å². The van der Waals surface area contributed by atoms with Crippen molar-refractivity contribution in [3.63, 3.8) is 0 Å². The lowest BCUT2D eigenvalue weighted by atomic mass is 9.86. The minimum atomic E-state index is -0.957. The molecule has 0 aromatic heterocycles. The number of hydrogen-bond donors (Lipinski definition) is 2. The normalized spacial score (nSPS) is 13.3. The quantitative estimate of drug-likeness (QED) is 0.333. The SMILES string of the molecule is CCC(NCCCN=[N+]=[N-])(C(N)=O)c1cccc(Cl)c1. The fraction of sp³-hybridized carbons (Fsp3) is 0.462. The summed E-state index contributed by atoms with van der Waals surface area (Å²) in [5.74, 6) is -0.453. The van der Waals surface area contributed by atoms with Gasteiger partial charge in [-0.15, -0.1) is 0 Å². The molecule has 0 aliphatic heterocycles. The first kappa shape index (κ1) is 16.3. The van der Waals surface area contributed by atoms with Gasteiger partial charge in [-0.25, -0.2) is 0 Å². The number of carbonyl (C=O) groups is 1. The van der Waals surface area contributed by atoms with Crippen LogP contribution in [0.25, 0.3) is 10.4 Å². The molecule has 1 atom stereocenters. The Morgan fingerprint density at radius 3 is 2.90 bits per heavy atom. The van der Waals surface area contributed by atoms with E-state index in [2.05, 4.69) is 15.3 Å². The van der Waals surface area contributed by atoms with E-state index in [9.17, 15) is 4.79 Å². The molecule has 20 heavy (non-hydrogen) atoms. The third-order valence-corrected chi connectivity index (χ3v) is 3.43. The summed E-state index contributed by atoms with van der Waals surface area (Å²) in [7, 11) is 0. The van der Waals surface area contributed by atoms with Gasteiger partial charge in [-0.3, -0.25) is 10.1 Å². The van der Waals surface area contributed by atoms with Gasteiger partial charge in [-0.05, 0) is 42.6 Å². The molecular weight excluding hydrogens is 278 g/mol. The van der Waals surface area contributed by atoms with E-state index in [0.717, 1.165) is 5.56 Å². The van der Waals surface area contributed by atoms with Gasteiger partial charge in [-0.1, -0.05) is 35.8 Å². The maximum absolute atomic E-state index is 11.9. The largest absolute Gasteiger partial charge is 0.368 e. The monoisotopic (exact) mass is 295 g/mol. The average Bonchev–Trinajstić information content (AvgIpc) is 2.43. The van der Waals surface area contributed by atoms with Crippen molar-refractivity contribution in [2.75, 3.05) is 13.1 Å². The lowest BCUT2D eigenvalue weighted by Gasteiger charge is -2.31. The van der Waals surface area contributed by atoms with Crippen LogP contribution in [0.2, 0.25) is 5.02 Å². The number of benzene rings is 1. The summed E-state index contributed by atoms with van der Waals surface area (Å²) in [6.07, 6.45) is 1.13.